The highest BCUT2D eigenvalue weighted by Gasteiger charge is 2.14. The predicted molar refractivity (Wildman–Crippen MR) is 106 cm³/mol. The van der Waals surface area contributed by atoms with Crippen molar-refractivity contribution in [2.45, 2.75) is 0 Å². The van der Waals surface area contributed by atoms with Crippen LogP contribution < -0.4 is 10.7 Å². The van der Waals surface area contributed by atoms with Crippen LogP contribution in [-0.2, 0) is 4.79 Å². The van der Waals surface area contributed by atoms with E-state index in [0.717, 1.165) is 9.75 Å². The first-order valence-electron chi connectivity index (χ1n) is 7.71. The van der Waals surface area contributed by atoms with Crippen LogP contribution >= 0.6 is 22.7 Å². The fourth-order valence-electron chi connectivity index (χ4n) is 2.04. The summed E-state index contributed by atoms with van der Waals surface area (Å²) < 4.78 is 0. The van der Waals surface area contributed by atoms with Gasteiger partial charge in [0, 0.05) is 15.3 Å². The third-order valence-corrected chi connectivity index (χ3v) is 4.89. The molecule has 2 aromatic heterocycles. The van der Waals surface area contributed by atoms with Gasteiger partial charge in [0.05, 0.1) is 6.21 Å². The molecule has 130 valence electrons. The van der Waals surface area contributed by atoms with Crippen molar-refractivity contribution < 1.29 is 9.59 Å². The van der Waals surface area contributed by atoms with E-state index in [1.54, 1.807) is 36.6 Å². The second kappa shape index (κ2) is 8.89. The van der Waals surface area contributed by atoms with Crippen LogP contribution in [0.5, 0.6) is 0 Å². The second-order valence-electron chi connectivity index (χ2n) is 5.11. The Morgan fingerprint density at radius 1 is 0.885 bits per heavy atom. The van der Waals surface area contributed by atoms with Crippen LogP contribution in [-0.4, -0.2) is 18.0 Å². The number of thiophene rings is 2. The van der Waals surface area contributed by atoms with Gasteiger partial charge in [-0.3, -0.25) is 9.59 Å². The van der Waals surface area contributed by atoms with E-state index in [1.165, 1.54) is 22.7 Å². The van der Waals surface area contributed by atoms with E-state index in [2.05, 4.69) is 15.8 Å². The molecule has 0 saturated carbocycles. The van der Waals surface area contributed by atoms with Gasteiger partial charge in [0.2, 0.25) is 0 Å². The molecule has 1 aromatic carbocycles. The van der Waals surface area contributed by atoms with E-state index in [1.807, 2.05) is 41.1 Å². The molecule has 5 nitrogen and oxygen atoms in total. The van der Waals surface area contributed by atoms with Crippen LogP contribution in [0.2, 0.25) is 0 Å². The van der Waals surface area contributed by atoms with Crippen LogP contribution in [0.1, 0.15) is 20.1 Å². The Labute approximate surface area is 158 Å². The monoisotopic (exact) mass is 381 g/mol. The Morgan fingerprint density at radius 3 is 2.23 bits per heavy atom. The minimum absolute atomic E-state index is 0.129. The maximum atomic E-state index is 12.5. The molecular formula is C19H15N3O2S2. The standard InChI is InChI=1S/C19H15N3O2S2/c23-18(14-6-2-1-3-7-14)21-17(12-15-8-4-10-25-15)19(24)22-20-13-16-9-5-11-26-16/h1-13H,(H,21,23)(H,22,24)/b17-12+,20-13+. The summed E-state index contributed by atoms with van der Waals surface area (Å²) in [5.41, 5.74) is 3.05. The summed E-state index contributed by atoms with van der Waals surface area (Å²) >= 11 is 2.98. The van der Waals surface area contributed by atoms with E-state index < -0.39 is 5.91 Å². The molecule has 0 aliphatic carbocycles. The minimum Gasteiger partial charge on any atom is -0.317 e. The lowest BCUT2D eigenvalue weighted by atomic mass is 10.2. The molecule has 7 heteroatoms. The van der Waals surface area contributed by atoms with Gasteiger partial charge in [0.25, 0.3) is 11.8 Å². The van der Waals surface area contributed by atoms with Crippen LogP contribution in [0, 0.1) is 0 Å². The van der Waals surface area contributed by atoms with E-state index in [9.17, 15) is 9.59 Å². The van der Waals surface area contributed by atoms with E-state index in [0.29, 0.717) is 5.56 Å². The maximum absolute atomic E-state index is 12.5. The van der Waals surface area contributed by atoms with Crippen molar-refractivity contribution in [3.05, 3.63) is 86.4 Å². The van der Waals surface area contributed by atoms with Crippen LogP contribution in [0.3, 0.4) is 0 Å². The van der Waals surface area contributed by atoms with Gasteiger partial charge < -0.3 is 5.32 Å². The molecule has 0 aliphatic rings. The van der Waals surface area contributed by atoms with Gasteiger partial charge in [-0.05, 0) is 41.1 Å². The van der Waals surface area contributed by atoms with Gasteiger partial charge in [-0.25, -0.2) is 5.43 Å². The van der Waals surface area contributed by atoms with Gasteiger partial charge in [-0.2, -0.15) is 5.10 Å². The second-order valence-corrected chi connectivity index (χ2v) is 7.07. The molecule has 0 radical (unpaired) electrons. The molecule has 0 bridgehead atoms. The lowest BCUT2D eigenvalue weighted by Gasteiger charge is -2.08. The third kappa shape index (κ3) is 4.98. The highest BCUT2D eigenvalue weighted by molar-refractivity contribution is 7.11. The van der Waals surface area contributed by atoms with E-state index in [-0.39, 0.29) is 11.6 Å². The van der Waals surface area contributed by atoms with Crippen molar-refractivity contribution in [1.82, 2.24) is 10.7 Å². The number of carbonyl (C=O) groups is 2. The molecule has 2 N–H and O–H groups in total. The quantitative estimate of drug-likeness (QED) is 0.388. The average Bonchev–Trinajstić information content (AvgIpc) is 3.36. The van der Waals surface area contributed by atoms with Gasteiger partial charge in [-0.1, -0.05) is 30.3 Å². The Hall–Kier alpha value is -3.03. The summed E-state index contributed by atoms with van der Waals surface area (Å²) in [4.78, 5) is 26.6. The molecule has 0 spiro atoms. The highest BCUT2D eigenvalue weighted by atomic mass is 32.1. The Morgan fingerprint density at radius 2 is 1.58 bits per heavy atom. The molecule has 3 aromatic rings. The number of hydrogen-bond acceptors (Lipinski definition) is 5. The van der Waals surface area contributed by atoms with Crippen molar-refractivity contribution in [3.8, 4) is 0 Å². The highest BCUT2D eigenvalue weighted by Crippen LogP contribution is 2.13. The first kappa shape index (κ1) is 17.8. The zero-order valence-corrected chi connectivity index (χ0v) is 15.2. The normalized spacial score (nSPS) is 11.5. The van der Waals surface area contributed by atoms with Crippen LogP contribution in [0.25, 0.3) is 6.08 Å². The van der Waals surface area contributed by atoms with Crippen molar-refractivity contribution >= 4 is 46.8 Å². The first-order chi connectivity index (χ1) is 12.7. The lowest BCUT2D eigenvalue weighted by molar-refractivity contribution is -0.117. The maximum Gasteiger partial charge on any atom is 0.287 e. The number of amides is 2. The zero-order valence-electron chi connectivity index (χ0n) is 13.6. The van der Waals surface area contributed by atoms with Gasteiger partial charge in [0.1, 0.15) is 5.70 Å². The average molecular weight is 381 g/mol. The van der Waals surface area contributed by atoms with Gasteiger partial charge >= 0.3 is 0 Å². The number of carbonyl (C=O) groups excluding carboxylic acids is 2. The topological polar surface area (TPSA) is 70.6 Å². The predicted octanol–water partition coefficient (Wildman–Crippen LogP) is 3.73. The summed E-state index contributed by atoms with van der Waals surface area (Å²) in [7, 11) is 0. The number of rotatable bonds is 6. The third-order valence-electron chi connectivity index (χ3n) is 3.26. The van der Waals surface area contributed by atoms with Crippen molar-refractivity contribution in [2.75, 3.05) is 0 Å². The van der Waals surface area contributed by atoms with E-state index in [4.69, 9.17) is 0 Å². The number of nitrogens with zero attached hydrogens (tertiary/aromatic N) is 1. The summed E-state index contributed by atoms with van der Waals surface area (Å²) in [5, 5.41) is 10.4. The molecular weight excluding hydrogens is 366 g/mol. The van der Waals surface area contributed by atoms with Crippen molar-refractivity contribution in [3.63, 3.8) is 0 Å². The SMILES string of the molecule is O=C(N/N=C/c1cccs1)/C(=C\c1cccs1)NC(=O)c1ccccc1. The Balaban J connectivity index is 1.75. The molecule has 3 rings (SSSR count). The Bertz CT molecular complexity index is 915. The van der Waals surface area contributed by atoms with Crippen molar-refractivity contribution in [1.29, 1.82) is 0 Å². The summed E-state index contributed by atoms with van der Waals surface area (Å²) in [6, 6.07) is 16.3. The number of benzene rings is 1. The van der Waals surface area contributed by atoms with Crippen LogP contribution in [0.15, 0.2) is 76.2 Å². The van der Waals surface area contributed by atoms with Crippen molar-refractivity contribution in [2.24, 2.45) is 5.10 Å². The smallest absolute Gasteiger partial charge is 0.287 e. The zero-order chi connectivity index (χ0) is 18.2. The summed E-state index contributed by atoms with van der Waals surface area (Å²) in [6.07, 6.45) is 3.19. The van der Waals surface area contributed by atoms with E-state index >= 15 is 0 Å². The molecule has 0 saturated heterocycles. The summed E-state index contributed by atoms with van der Waals surface area (Å²) in [5.74, 6) is -0.846. The Kier molecular flexibility index (Phi) is 6.08. The van der Waals surface area contributed by atoms with Gasteiger partial charge in [-0.15, -0.1) is 22.7 Å². The molecule has 0 unspecified atom stereocenters. The fourth-order valence-corrected chi connectivity index (χ4v) is 3.28. The molecule has 0 atom stereocenters. The van der Waals surface area contributed by atoms with Crippen LogP contribution in [0.4, 0.5) is 0 Å². The fraction of sp³-hybridized carbons (Fsp3) is 0. The largest absolute Gasteiger partial charge is 0.317 e. The number of hydrogen-bond donors (Lipinski definition) is 2. The molecule has 26 heavy (non-hydrogen) atoms. The number of nitrogens with one attached hydrogen (secondary N) is 2. The number of hydrazone groups is 1. The lowest BCUT2D eigenvalue weighted by Crippen LogP contribution is -2.32. The molecule has 0 aliphatic heterocycles. The molecule has 2 heterocycles. The molecule has 2 amide bonds. The molecule has 0 fully saturated rings. The van der Waals surface area contributed by atoms with Gasteiger partial charge in [0.15, 0.2) is 0 Å². The summed E-state index contributed by atoms with van der Waals surface area (Å²) in [6.45, 7) is 0. The minimum atomic E-state index is -0.490. The first-order valence-corrected chi connectivity index (χ1v) is 9.47.